The quantitative estimate of drug-likeness (QED) is 0.857. The zero-order chi connectivity index (χ0) is 17.6. The van der Waals surface area contributed by atoms with E-state index < -0.39 is 0 Å². The van der Waals surface area contributed by atoms with Crippen molar-refractivity contribution in [3.05, 3.63) is 35.5 Å². The van der Waals surface area contributed by atoms with Crippen LogP contribution in [-0.2, 0) is 11.2 Å². The smallest absolute Gasteiger partial charge is 0.254 e. The van der Waals surface area contributed by atoms with Gasteiger partial charge in [0, 0.05) is 30.8 Å². The molecule has 0 bridgehead atoms. The maximum atomic E-state index is 12.8. The summed E-state index contributed by atoms with van der Waals surface area (Å²) in [6.45, 7) is 5.90. The van der Waals surface area contributed by atoms with Crippen LogP contribution in [0.1, 0.15) is 48.4 Å². The summed E-state index contributed by atoms with van der Waals surface area (Å²) in [5.41, 5.74) is 0.556. The molecule has 8 heteroatoms. The Kier molecular flexibility index (Phi) is 5.60. The summed E-state index contributed by atoms with van der Waals surface area (Å²) in [7, 11) is 0. The molecule has 0 spiro atoms. The van der Waals surface area contributed by atoms with Gasteiger partial charge in [-0.2, -0.15) is 5.10 Å². The van der Waals surface area contributed by atoms with E-state index >= 15 is 0 Å². The van der Waals surface area contributed by atoms with E-state index in [0.29, 0.717) is 43.6 Å². The maximum Gasteiger partial charge on any atom is 0.254 e. The number of H-pyrrole nitrogens is 1. The molecule has 2 aromatic rings. The molecule has 3 rings (SSSR count). The molecule has 8 nitrogen and oxygen atoms in total. The number of hydrogen-bond acceptors (Lipinski definition) is 6. The standard InChI is InChI=1S/C17H23N5O3/c1-3-5-14-19-16(21-20-14)13-11-22(8-9-25-13)17(23)12-6-7-18-15(10-12)24-4-2/h6-7,10,13H,3-5,8-9,11H2,1-2H3,(H,19,20,21). The average Bonchev–Trinajstić information content (AvgIpc) is 3.11. The van der Waals surface area contributed by atoms with E-state index in [4.69, 9.17) is 9.47 Å². The molecular weight excluding hydrogens is 322 g/mol. The fourth-order valence-electron chi connectivity index (χ4n) is 2.74. The second-order valence-electron chi connectivity index (χ2n) is 5.82. The van der Waals surface area contributed by atoms with Gasteiger partial charge in [-0.3, -0.25) is 9.89 Å². The van der Waals surface area contributed by atoms with Crippen LogP contribution in [0.15, 0.2) is 18.3 Å². The Bertz CT molecular complexity index is 718. The fraction of sp³-hybridized carbons (Fsp3) is 0.529. The van der Waals surface area contributed by atoms with Crippen molar-refractivity contribution in [3.8, 4) is 5.88 Å². The molecule has 134 valence electrons. The number of aryl methyl sites for hydroxylation is 1. The van der Waals surface area contributed by atoms with Crippen LogP contribution in [0.5, 0.6) is 5.88 Å². The lowest BCUT2D eigenvalue weighted by Crippen LogP contribution is -2.42. The number of morpholine rings is 1. The van der Waals surface area contributed by atoms with Crippen molar-refractivity contribution in [2.75, 3.05) is 26.3 Å². The van der Waals surface area contributed by atoms with Gasteiger partial charge in [0.05, 0.1) is 19.8 Å². The predicted octanol–water partition coefficient (Wildman–Crippen LogP) is 1.76. The van der Waals surface area contributed by atoms with E-state index in [2.05, 4.69) is 27.1 Å². The van der Waals surface area contributed by atoms with E-state index in [0.717, 1.165) is 18.7 Å². The average molecular weight is 345 g/mol. The Hall–Kier alpha value is -2.48. The Balaban J connectivity index is 1.69. The first-order valence-electron chi connectivity index (χ1n) is 8.62. The number of aromatic amines is 1. The molecule has 1 atom stereocenters. The Morgan fingerprint density at radius 1 is 1.48 bits per heavy atom. The van der Waals surface area contributed by atoms with Crippen molar-refractivity contribution in [2.45, 2.75) is 32.8 Å². The molecule has 1 aliphatic heterocycles. The molecule has 1 aliphatic rings. The van der Waals surface area contributed by atoms with Gasteiger partial charge in [-0.15, -0.1) is 0 Å². The topological polar surface area (TPSA) is 93.2 Å². The first kappa shape index (κ1) is 17.3. The summed E-state index contributed by atoms with van der Waals surface area (Å²) in [6.07, 6.45) is 3.12. The lowest BCUT2D eigenvalue weighted by Gasteiger charge is -2.31. The predicted molar refractivity (Wildman–Crippen MR) is 90.4 cm³/mol. The number of amides is 1. The largest absolute Gasteiger partial charge is 0.478 e. The molecular formula is C17H23N5O3. The number of carbonyl (C=O) groups excluding carboxylic acids is 1. The summed E-state index contributed by atoms with van der Waals surface area (Å²) in [5.74, 6) is 1.84. The van der Waals surface area contributed by atoms with E-state index in [1.54, 1.807) is 23.2 Å². The highest BCUT2D eigenvalue weighted by atomic mass is 16.5. The Morgan fingerprint density at radius 3 is 3.16 bits per heavy atom. The summed E-state index contributed by atoms with van der Waals surface area (Å²) in [6, 6.07) is 3.37. The molecule has 1 amide bonds. The van der Waals surface area contributed by atoms with Crippen LogP contribution in [0, 0.1) is 0 Å². The second kappa shape index (κ2) is 8.06. The minimum absolute atomic E-state index is 0.0685. The van der Waals surface area contributed by atoms with Gasteiger partial charge in [-0.05, 0) is 19.4 Å². The van der Waals surface area contributed by atoms with E-state index in [9.17, 15) is 4.79 Å². The van der Waals surface area contributed by atoms with Crippen LogP contribution < -0.4 is 4.74 Å². The molecule has 2 aromatic heterocycles. The second-order valence-corrected chi connectivity index (χ2v) is 5.82. The number of rotatable bonds is 6. The van der Waals surface area contributed by atoms with Crippen molar-refractivity contribution >= 4 is 5.91 Å². The number of nitrogens with one attached hydrogen (secondary N) is 1. The van der Waals surface area contributed by atoms with Crippen molar-refractivity contribution < 1.29 is 14.3 Å². The van der Waals surface area contributed by atoms with Crippen LogP contribution in [0.25, 0.3) is 0 Å². The number of hydrogen-bond donors (Lipinski definition) is 1. The van der Waals surface area contributed by atoms with Crippen molar-refractivity contribution in [3.63, 3.8) is 0 Å². The lowest BCUT2D eigenvalue weighted by molar-refractivity contribution is -0.0266. The third kappa shape index (κ3) is 4.14. The van der Waals surface area contributed by atoms with Gasteiger partial charge in [-0.25, -0.2) is 9.97 Å². The number of nitrogens with zero attached hydrogens (tertiary/aromatic N) is 4. The molecule has 0 aromatic carbocycles. The van der Waals surface area contributed by atoms with Crippen LogP contribution >= 0.6 is 0 Å². The monoisotopic (exact) mass is 345 g/mol. The summed E-state index contributed by atoms with van der Waals surface area (Å²) < 4.78 is 11.1. The Labute approximate surface area is 146 Å². The lowest BCUT2D eigenvalue weighted by atomic mass is 10.2. The number of pyridine rings is 1. The first-order valence-corrected chi connectivity index (χ1v) is 8.62. The number of ether oxygens (including phenoxy) is 2. The van der Waals surface area contributed by atoms with Crippen LogP contribution in [0.3, 0.4) is 0 Å². The van der Waals surface area contributed by atoms with Crippen molar-refractivity contribution in [1.29, 1.82) is 0 Å². The SMILES string of the molecule is CCCc1nc(C2CN(C(=O)c3ccnc(OCC)c3)CCO2)n[nH]1. The van der Waals surface area contributed by atoms with Crippen molar-refractivity contribution in [1.82, 2.24) is 25.1 Å². The summed E-state index contributed by atoms with van der Waals surface area (Å²) in [5, 5.41) is 7.17. The first-order chi connectivity index (χ1) is 12.2. The molecule has 3 heterocycles. The number of carbonyl (C=O) groups is 1. The zero-order valence-corrected chi connectivity index (χ0v) is 14.6. The minimum atomic E-state index is -0.312. The van der Waals surface area contributed by atoms with E-state index in [1.165, 1.54) is 0 Å². The van der Waals surface area contributed by atoms with Gasteiger partial charge in [0.2, 0.25) is 5.88 Å². The highest BCUT2D eigenvalue weighted by Crippen LogP contribution is 2.21. The molecule has 0 saturated carbocycles. The molecule has 25 heavy (non-hydrogen) atoms. The van der Waals surface area contributed by atoms with Gasteiger partial charge in [0.25, 0.3) is 5.91 Å². The molecule has 1 N–H and O–H groups in total. The molecule has 0 aliphatic carbocycles. The normalized spacial score (nSPS) is 17.5. The van der Waals surface area contributed by atoms with Crippen molar-refractivity contribution in [2.24, 2.45) is 0 Å². The van der Waals surface area contributed by atoms with E-state index in [-0.39, 0.29) is 12.0 Å². The maximum absolute atomic E-state index is 12.8. The third-order valence-electron chi connectivity index (χ3n) is 3.95. The summed E-state index contributed by atoms with van der Waals surface area (Å²) >= 11 is 0. The van der Waals surface area contributed by atoms with Crippen LogP contribution in [-0.4, -0.2) is 57.3 Å². The Morgan fingerprint density at radius 2 is 2.36 bits per heavy atom. The highest BCUT2D eigenvalue weighted by molar-refractivity contribution is 5.94. The van der Waals surface area contributed by atoms with Gasteiger partial charge >= 0.3 is 0 Å². The van der Waals surface area contributed by atoms with Gasteiger partial charge in [0.15, 0.2) is 5.82 Å². The van der Waals surface area contributed by atoms with E-state index in [1.807, 2.05) is 6.92 Å². The zero-order valence-electron chi connectivity index (χ0n) is 14.6. The molecule has 0 radical (unpaired) electrons. The van der Waals surface area contributed by atoms with Crippen LogP contribution in [0.4, 0.5) is 0 Å². The molecule has 1 unspecified atom stereocenters. The molecule has 1 fully saturated rings. The third-order valence-corrected chi connectivity index (χ3v) is 3.95. The fourth-order valence-corrected chi connectivity index (χ4v) is 2.74. The number of aromatic nitrogens is 4. The highest BCUT2D eigenvalue weighted by Gasteiger charge is 2.28. The van der Waals surface area contributed by atoms with Crippen LogP contribution in [0.2, 0.25) is 0 Å². The molecule has 1 saturated heterocycles. The summed E-state index contributed by atoms with van der Waals surface area (Å²) in [4.78, 5) is 23.1. The van der Waals surface area contributed by atoms with Gasteiger partial charge in [-0.1, -0.05) is 6.92 Å². The van der Waals surface area contributed by atoms with Gasteiger partial charge < -0.3 is 14.4 Å². The minimum Gasteiger partial charge on any atom is -0.478 e. The van der Waals surface area contributed by atoms with Gasteiger partial charge in [0.1, 0.15) is 11.9 Å².